The van der Waals surface area contributed by atoms with Crippen LogP contribution in [0.15, 0.2) is 18.2 Å². The number of hydrogen-bond acceptors (Lipinski definition) is 4. The zero-order valence-electron chi connectivity index (χ0n) is 11.9. The molecule has 2 rings (SSSR count). The van der Waals surface area contributed by atoms with E-state index < -0.39 is 0 Å². The first-order chi connectivity index (χ1) is 10.1. The van der Waals surface area contributed by atoms with Crippen LogP contribution in [0.1, 0.15) is 35.7 Å². The van der Waals surface area contributed by atoms with Crippen LogP contribution < -0.4 is 5.32 Å². The standard InChI is InChI=1S/C15H18ClNO3S/c1-2-20-15(19)11-7-6-10(8-12(11)16)4-3-5-14-17-13(18)9-21-14/h6-8,14H,2-5,9H2,1H3,(H,17,18). The highest BCUT2D eigenvalue weighted by Crippen LogP contribution is 2.23. The minimum absolute atomic E-state index is 0.117. The molecule has 1 unspecified atom stereocenters. The van der Waals surface area contributed by atoms with Crippen molar-refractivity contribution >= 4 is 35.2 Å². The van der Waals surface area contributed by atoms with E-state index in [0.29, 0.717) is 22.9 Å². The third kappa shape index (κ3) is 4.64. The monoisotopic (exact) mass is 327 g/mol. The molecule has 0 saturated carbocycles. The van der Waals surface area contributed by atoms with Crippen LogP contribution in [0, 0.1) is 0 Å². The number of amides is 1. The molecule has 6 heteroatoms. The van der Waals surface area contributed by atoms with Crippen LogP contribution in [0.2, 0.25) is 5.02 Å². The molecule has 0 radical (unpaired) electrons. The number of rotatable bonds is 6. The number of nitrogens with one attached hydrogen (secondary N) is 1. The quantitative estimate of drug-likeness (QED) is 0.816. The summed E-state index contributed by atoms with van der Waals surface area (Å²) in [5.74, 6) is 0.288. The highest BCUT2D eigenvalue weighted by atomic mass is 35.5. The molecule has 1 aromatic rings. The molecule has 0 bridgehead atoms. The summed E-state index contributed by atoms with van der Waals surface area (Å²) < 4.78 is 4.94. The van der Waals surface area contributed by atoms with Gasteiger partial charge in [-0.15, -0.1) is 11.8 Å². The fraction of sp³-hybridized carbons (Fsp3) is 0.467. The Labute approximate surface area is 133 Å². The van der Waals surface area contributed by atoms with Crippen molar-refractivity contribution in [1.82, 2.24) is 5.32 Å². The van der Waals surface area contributed by atoms with Gasteiger partial charge in [0.05, 0.1) is 28.3 Å². The number of halogens is 1. The van der Waals surface area contributed by atoms with Crippen molar-refractivity contribution < 1.29 is 14.3 Å². The van der Waals surface area contributed by atoms with Crippen molar-refractivity contribution in [3.05, 3.63) is 34.3 Å². The summed E-state index contributed by atoms with van der Waals surface area (Å²) in [5.41, 5.74) is 1.49. The molecule has 4 nitrogen and oxygen atoms in total. The topological polar surface area (TPSA) is 55.4 Å². The number of benzene rings is 1. The van der Waals surface area contributed by atoms with Gasteiger partial charge in [-0.1, -0.05) is 17.7 Å². The molecule has 114 valence electrons. The number of ether oxygens (including phenoxy) is 1. The first-order valence-corrected chi connectivity index (χ1v) is 8.39. The van der Waals surface area contributed by atoms with Crippen molar-refractivity contribution in [2.75, 3.05) is 12.4 Å². The molecule has 1 saturated heterocycles. The summed E-state index contributed by atoms with van der Waals surface area (Å²) in [6, 6.07) is 5.43. The molecule has 1 fully saturated rings. The Morgan fingerprint density at radius 1 is 1.52 bits per heavy atom. The van der Waals surface area contributed by atoms with Crippen molar-refractivity contribution in [3.8, 4) is 0 Å². The van der Waals surface area contributed by atoms with E-state index in [1.165, 1.54) is 0 Å². The summed E-state index contributed by atoms with van der Waals surface area (Å²) in [6.45, 7) is 2.10. The molecule has 21 heavy (non-hydrogen) atoms. The van der Waals surface area contributed by atoms with Crippen LogP contribution >= 0.6 is 23.4 Å². The van der Waals surface area contributed by atoms with E-state index in [1.54, 1.807) is 24.8 Å². The molecule has 1 amide bonds. The maximum Gasteiger partial charge on any atom is 0.339 e. The van der Waals surface area contributed by atoms with Crippen molar-refractivity contribution in [2.45, 2.75) is 31.6 Å². The Kier molecular flexibility index (Phi) is 5.94. The van der Waals surface area contributed by atoms with E-state index in [4.69, 9.17) is 16.3 Å². The van der Waals surface area contributed by atoms with Gasteiger partial charge in [-0.05, 0) is 43.9 Å². The highest BCUT2D eigenvalue weighted by Gasteiger charge is 2.20. The van der Waals surface area contributed by atoms with E-state index in [9.17, 15) is 9.59 Å². The molecule has 0 aliphatic carbocycles. The first kappa shape index (κ1) is 16.2. The molecule has 0 aromatic heterocycles. The zero-order chi connectivity index (χ0) is 15.2. The zero-order valence-corrected chi connectivity index (χ0v) is 13.4. The minimum atomic E-state index is -0.390. The summed E-state index contributed by atoms with van der Waals surface area (Å²) in [7, 11) is 0. The predicted octanol–water partition coefficient (Wildman–Crippen LogP) is 3.03. The largest absolute Gasteiger partial charge is 0.462 e. The number of hydrogen-bond donors (Lipinski definition) is 1. The Morgan fingerprint density at radius 2 is 2.33 bits per heavy atom. The van der Waals surface area contributed by atoms with Crippen LogP contribution in [-0.4, -0.2) is 29.6 Å². The average Bonchev–Trinajstić information content (AvgIpc) is 2.85. The van der Waals surface area contributed by atoms with Crippen molar-refractivity contribution in [1.29, 1.82) is 0 Å². The van der Waals surface area contributed by atoms with E-state index in [2.05, 4.69) is 5.32 Å². The van der Waals surface area contributed by atoms with E-state index in [1.807, 2.05) is 12.1 Å². The maximum atomic E-state index is 11.6. The third-order valence-electron chi connectivity index (χ3n) is 3.20. The van der Waals surface area contributed by atoms with Crippen LogP contribution in [0.25, 0.3) is 0 Å². The number of thioether (sulfide) groups is 1. The highest BCUT2D eigenvalue weighted by molar-refractivity contribution is 8.01. The molecule has 1 aliphatic heterocycles. The number of aryl methyl sites for hydroxylation is 1. The summed E-state index contributed by atoms with van der Waals surface area (Å²) >= 11 is 7.78. The Bertz CT molecular complexity index is 536. The van der Waals surface area contributed by atoms with Crippen LogP contribution in [0.5, 0.6) is 0 Å². The molecule has 1 aliphatic rings. The molecule has 1 N–H and O–H groups in total. The Balaban J connectivity index is 1.85. The molecule has 1 heterocycles. The van der Waals surface area contributed by atoms with Gasteiger partial charge in [0.2, 0.25) is 5.91 Å². The predicted molar refractivity (Wildman–Crippen MR) is 84.7 cm³/mol. The lowest BCUT2D eigenvalue weighted by molar-refractivity contribution is -0.118. The minimum Gasteiger partial charge on any atom is -0.462 e. The van der Waals surface area contributed by atoms with Gasteiger partial charge in [0.15, 0.2) is 0 Å². The summed E-state index contributed by atoms with van der Waals surface area (Å²) in [5, 5.41) is 3.58. The fourth-order valence-corrected chi connectivity index (χ4v) is 3.44. The number of carbonyl (C=O) groups excluding carboxylic acids is 2. The van der Waals surface area contributed by atoms with Gasteiger partial charge >= 0.3 is 5.97 Å². The van der Waals surface area contributed by atoms with E-state index in [-0.39, 0.29) is 17.3 Å². The van der Waals surface area contributed by atoms with E-state index >= 15 is 0 Å². The van der Waals surface area contributed by atoms with E-state index in [0.717, 1.165) is 24.8 Å². The lowest BCUT2D eigenvalue weighted by atomic mass is 10.1. The number of esters is 1. The van der Waals surface area contributed by atoms with Gasteiger partial charge in [-0.3, -0.25) is 4.79 Å². The Hall–Kier alpha value is -1.20. The lowest BCUT2D eigenvalue weighted by Crippen LogP contribution is -2.24. The lowest BCUT2D eigenvalue weighted by Gasteiger charge is -2.09. The van der Waals surface area contributed by atoms with Crippen molar-refractivity contribution in [2.24, 2.45) is 0 Å². The fourth-order valence-electron chi connectivity index (χ4n) is 2.17. The number of carbonyl (C=O) groups is 2. The van der Waals surface area contributed by atoms with Gasteiger partial charge in [-0.25, -0.2) is 4.79 Å². The second-order valence-electron chi connectivity index (χ2n) is 4.79. The van der Waals surface area contributed by atoms with Crippen LogP contribution in [0.4, 0.5) is 0 Å². The smallest absolute Gasteiger partial charge is 0.339 e. The molecular weight excluding hydrogens is 310 g/mol. The van der Waals surface area contributed by atoms with Gasteiger partial charge in [0.1, 0.15) is 0 Å². The van der Waals surface area contributed by atoms with Crippen LogP contribution in [0.3, 0.4) is 0 Å². The average molecular weight is 328 g/mol. The van der Waals surface area contributed by atoms with Gasteiger partial charge in [0, 0.05) is 0 Å². The summed E-state index contributed by atoms with van der Waals surface area (Å²) in [6.07, 6.45) is 2.77. The molecule has 1 aromatic carbocycles. The second-order valence-corrected chi connectivity index (χ2v) is 6.39. The Morgan fingerprint density at radius 3 is 2.95 bits per heavy atom. The van der Waals surface area contributed by atoms with Crippen molar-refractivity contribution in [3.63, 3.8) is 0 Å². The van der Waals surface area contributed by atoms with Gasteiger partial charge in [0.25, 0.3) is 0 Å². The third-order valence-corrected chi connectivity index (χ3v) is 4.70. The first-order valence-electron chi connectivity index (χ1n) is 6.96. The molecule has 1 atom stereocenters. The van der Waals surface area contributed by atoms with Gasteiger partial charge in [-0.2, -0.15) is 0 Å². The normalized spacial score (nSPS) is 17.6. The molecular formula is C15H18ClNO3S. The second kappa shape index (κ2) is 7.71. The maximum absolute atomic E-state index is 11.6. The SMILES string of the molecule is CCOC(=O)c1ccc(CCCC2NC(=O)CS2)cc1Cl. The molecule has 0 spiro atoms. The van der Waals surface area contributed by atoms with Gasteiger partial charge < -0.3 is 10.1 Å². The van der Waals surface area contributed by atoms with Crippen LogP contribution in [-0.2, 0) is 16.0 Å². The summed E-state index contributed by atoms with van der Waals surface area (Å²) in [4.78, 5) is 22.7.